The highest BCUT2D eigenvalue weighted by Crippen LogP contribution is 2.34. The van der Waals surface area contributed by atoms with Crippen LogP contribution in [0.3, 0.4) is 0 Å². The molecule has 0 fully saturated rings. The van der Waals surface area contributed by atoms with Crippen LogP contribution in [0.2, 0.25) is 5.02 Å². The number of carbonyl (C=O) groups excluding carboxylic acids is 1. The fourth-order valence-corrected chi connectivity index (χ4v) is 3.18. The van der Waals surface area contributed by atoms with Gasteiger partial charge in [-0.25, -0.2) is 4.98 Å². The molecule has 1 aliphatic heterocycles. The number of hydrogen-bond donors (Lipinski definition) is 2. The molecule has 1 aromatic heterocycles. The Morgan fingerprint density at radius 1 is 1.35 bits per heavy atom. The van der Waals surface area contributed by atoms with Crippen LogP contribution >= 0.6 is 23.4 Å². The third-order valence-electron chi connectivity index (χ3n) is 3.49. The SMILES string of the molecule is C#CCSc1nc2c(c(=O)[nH]1)[C@H](c1ccc(Cl)cc1)CC(=O)N2. The van der Waals surface area contributed by atoms with E-state index in [1.807, 2.05) is 12.1 Å². The van der Waals surface area contributed by atoms with E-state index in [2.05, 4.69) is 21.2 Å². The van der Waals surface area contributed by atoms with E-state index in [1.54, 1.807) is 12.1 Å². The van der Waals surface area contributed by atoms with E-state index in [0.717, 1.165) is 5.56 Å². The summed E-state index contributed by atoms with van der Waals surface area (Å²) in [5.74, 6) is 2.62. The van der Waals surface area contributed by atoms with Gasteiger partial charge in [0, 0.05) is 17.4 Å². The number of hydrogen-bond acceptors (Lipinski definition) is 4. The number of fused-ring (bicyclic) bond motifs is 1. The van der Waals surface area contributed by atoms with Crippen molar-refractivity contribution in [2.24, 2.45) is 0 Å². The maximum absolute atomic E-state index is 12.5. The van der Waals surface area contributed by atoms with Crippen molar-refractivity contribution in [1.82, 2.24) is 9.97 Å². The molecule has 5 nitrogen and oxygen atoms in total. The first-order valence-electron chi connectivity index (χ1n) is 6.84. The molecule has 1 aliphatic rings. The lowest BCUT2D eigenvalue weighted by Crippen LogP contribution is -2.31. The molecule has 3 rings (SSSR count). The Kier molecular flexibility index (Phi) is 4.42. The monoisotopic (exact) mass is 345 g/mol. The first kappa shape index (κ1) is 15.7. The second-order valence-corrected chi connectivity index (χ2v) is 6.38. The minimum Gasteiger partial charge on any atom is -0.310 e. The van der Waals surface area contributed by atoms with Gasteiger partial charge in [-0.2, -0.15) is 0 Å². The maximum atomic E-state index is 12.5. The highest BCUT2D eigenvalue weighted by molar-refractivity contribution is 7.99. The molecule has 1 amide bonds. The number of aromatic amines is 1. The van der Waals surface area contributed by atoms with Crippen LogP contribution in [0.5, 0.6) is 0 Å². The summed E-state index contributed by atoms with van der Waals surface area (Å²) in [5, 5.41) is 3.66. The number of halogens is 1. The Labute approximate surface area is 141 Å². The average molecular weight is 346 g/mol. The summed E-state index contributed by atoms with van der Waals surface area (Å²) >= 11 is 7.14. The molecule has 0 radical (unpaired) electrons. The fraction of sp³-hybridized carbons (Fsp3) is 0.188. The molecule has 1 atom stereocenters. The first-order valence-corrected chi connectivity index (χ1v) is 8.20. The number of nitrogens with one attached hydrogen (secondary N) is 2. The van der Waals surface area contributed by atoms with E-state index in [0.29, 0.717) is 27.3 Å². The van der Waals surface area contributed by atoms with E-state index in [4.69, 9.17) is 18.0 Å². The Morgan fingerprint density at radius 2 is 2.09 bits per heavy atom. The first-order chi connectivity index (χ1) is 11.1. The molecule has 2 N–H and O–H groups in total. The lowest BCUT2D eigenvalue weighted by molar-refractivity contribution is -0.116. The van der Waals surface area contributed by atoms with Gasteiger partial charge in [0.05, 0.1) is 11.3 Å². The van der Waals surface area contributed by atoms with Gasteiger partial charge in [0.25, 0.3) is 5.56 Å². The number of carbonyl (C=O) groups is 1. The highest BCUT2D eigenvalue weighted by atomic mass is 35.5. The second kappa shape index (κ2) is 6.49. The average Bonchev–Trinajstić information content (AvgIpc) is 2.52. The van der Waals surface area contributed by atoms with Crippen LogP contribution in [0.1, 0.15) is 23.5 Å². The molecule has 23 heavy (non-hydrogen) atoms. The molecule has 0 unspecified atom stereocenters. The van der Waals surface area contributed by atoms with Crippen LogP contribution in [0.15, 0.2) is 34.2 Å². The summed E-state index contributed by atoms with van der Waals surface area (Å²) in [6.45, 7) is 0. The molecule has 116 valence electrons. The number of thioether (sulfide) groups is 1. The van der Waals surface area contributed by atoms with Crippen molar-refractivity contribution in [1.29, 1.82) is 0 Å². The Hall–Kier alpha value is -2.23. The van der Waals surface area contributed by atoms with Crippen LogP contribution in [0.4, 0.5) is 5.82 Å². The van der Waals surface area contributed by atoms with Crippen molar-refractivity contribution in [3.05, 3.63) is 50.8 Å². The quantitative estimate of drug-likeness (QED) is 0.509. The van der Waals surface area contributed by atoms with Crippen LogP contribution in [0.25, 0.3) is 0 Å². The standard InChI is InChI=1S/C16H12ClN3O2S/c1-2-7-23-16-19-14-13(15(22)20-16)11(8-12(21)18-14)9-3-5-10(17)6-4-9/h1,3-6,11H,7-8H2,(H2,18,19,20,21,22)/t11-/m0/s1. The Balaban J connectivity index is 2.07. The Bertz CT molecular complexity index is 855. The number of amides is 1. The van der Waals surface area contributed by atoms with Crippen LogP contribution in [0, 0.1) is 12.3 Å². The Morgan fingerprint density at radius 3 is 2.78 bits per heavy atom. The van der Waals surface area contributed by atoms with Gasteiger partial charge in [0.2, 0.25) is 5.91 Å². The molecule has 0 aliphatic carbocycles. The topological polar surface area (TPSA) is 74.8 Å². The number of H-pyrrole nitrogens is 1. The lowest BCUT2D eigenvalue weighted by Gasteiger charge is -2.24. The molecule has 0 saturated heterocycles. The van der Waals surface area contributed by atoms with Crippen molar-refractivity contribution >= 4 is 35.1 Å². The van der Waals surface area contributed by atoms with Gasteiger partial charge in [-0.05, 0) is 17.7 Å². The smallest absolute Gasteiger partial charge is 0.257 e. The lowest BCUT2D eigenvalue weighted by atomic mass is 9.87. The predicted molar refractivity (Wildman–Crippen MR) is 91.0 cm³/mol. The predicted octanol–water partition coefficient (Wildman–Crippen LogP) is 2.62. The third-order valence-corrected chi connectivity index (χ3v) is 4.52. The van der Waals surface area contributed by atoms with E-state index in [9.17, 15) is 9.59 Å². The summed E-state index contributed by atoms with van der Waals surface area (Å²) in [6.07, 6.45) is 5.40. The van der Waals surface area contributed by atoms with Crippen molar-refractivity contribution in [2.45, 2.75) is 17.5 Å². The number of benzene rings is 1. The van der Waals surface area contributed by atoms with Gasteiger partial charge in [0.15, 0.2) is 5.16 Å². The molecule has 1 aromatic carbocycles. The number of anilines is 1. The second-order valence-electron chi connectivity index (χ2n) is 4.98. The van der Waals surface area contributed by atoms with E-state index in [-0.39, 0.29) is 23.8 Å². The minimum absolute atomic E-state index is 0.177. The van der Waals surface area contributed by atoms with Crippen LogP contribution in [-0.2, 0) is 4.79 Å². The molecule has 2 aromatic rings. The van der Waals surface area contributed by atoms with Gasteiger partial charge in [-0.3, -0.25) is 9.59 Å². The zero-order valence-corrected chi connectivity index (χ0v) is 13.5. The van der Waals surface area contributed by atoms with Crippen molar-refractivity contribution in [3.63, 3.8) is 0 Å². The number of nitrogens with zero attached hydrogens (tertiary/aromatic N) is 1. The van der Waals surface area contributed by atoms with Crippen LogP contribution in [-0.4, -0.2) is 21.6 Å². The summed E-state index contributed by atoms with van der Waals surface area (Å²) < 4.78 is 0. The van der Waals surface area contributed by atoms with E-state index >= 15 is 0 Å². The number of aromatic nitrogens is 2. The number of terminal acetylenes is 1. The molecular weight excluding hydrogens is 334 g/mol. The molecule has 2 heterocycles. The van der Waals surface area contributed by atoms with Gasteiger partial charge >= 0.3 is 0 Å². The molecule has 0 spiro atoms. The summed E-state index contributed by atoms with van der Waals surface area (Å²) in [6, 6.07) is 7.11. The summed E-state index contributed by atoms with van der Waals surface area (Å²) in [4.78, 5) is 31.5. The van der Waals surface area contributed by atoms with Crippen molar-refractivity contribution in [2.75, 3.05) is 11.1 Å². The summed E-state index contributed by atoms with van der Waals surface area (Å²) in [5.41, 5.74) is 1.04. The molecule has 7 heteroatoms. The minimum atomic E-state index is -0.348. The van der Waals surface area contributed by atoms with Gasteiger partial charge in [-0.1, -0.05) is 41.4 Å². The molecule has 0 bridgehead atoms. The zero-order valence-electron chi connectivity index (χ0n) is 11.9. The van der Waals surface area contributed by atoms with E-state index < -0.39 is 0 Å². The maximum Gasteiger partial charge on any atom is 0.257 e. The normalized spacial score (nSPS) is 16.3. The highest BCUT2D eigenvalue weighted by Gasteiger charge is 2.30. The van der Waals surface area contributed by atoms with Gasteiger partial charge in [-0.15, -0.1) is 6.42 Å². The van der Waals surface area contributed by atoms with Gasteiger partial charge < -0.3 is 10.3 Å². The molecule has 0 saturated carbocycles. The van der Waals surface area contributed by atoms with Crippen molar-refractivity contribution in [3.8, 4) is 12.3 Å². The van der Waals surface area contributed by atoms with Crippen molar-refractivity contribution < 1.29 is 4.79 Å². The van der Waals surface area contributed by atoms with Crippen LogP contribution < -0.4 is 10.9 Å². The van der Waals surface area contributed by atoms with E-state index in [1.165, 1.54) is 11.8 Å². The fourth-order valence-electron chi connectivity index (χ4n) is 2.51. The molecular formula is C16H12ClN3O2S. The number of rotatable bonds is 3. The zero-order chi connectivity index (χ0) is 16.4. The van der Waals surface area contributed by atoms with Gasteiger partial charge in [0.1, 0.15) is 5.82 Å². The summed E-state index contributed by atoms with van der Waals surface area (Å²) in [7, 11) is 0. The largest absolute Gasteiger partial charge is 0.310 e. The third kappa shape index (κ3) is 3.26.